The lowest BCUT2D eigenvalue weighted by atomic mass is 10.3. The SMILES string of the molecule is [CH2]NCCCC(F)(F)F. The van der Waals surface area contributed by atoms with Crippen molar-refractivity contribution in [1.29, 1.82) is 0 Å². The van der Waals surface area contributed by atoms with Gasteiger partial charge in [-0.2, -0.15) is 13.2 Å². The topological polar surface area (TPSA) is 12.0 Å². The molecule has 1 nitrogen and oxygen atoms in total. The van der Waals surface area contributed by atoms with E-state index in [1.54, 1.807) is 0 Å². The Balaban J connectivity index is 3.07. The molecule has 0 heterocycles. The molecule has 0 spiro atoms. The molecule has 0 rings (SSSR count). The molecule has 0 amide bonds. The van der Waals surface area contributed by atoms with Crippen LogP contribution in [0.3, 0.4) is 0 Å². The fourth-order valence-electron chi connectivity index (χ4n) is 0.414. The van der Waals surface area contributed by atoms with Gasteiger partial charge in [0.2, 0.25) is 0 Å². The second-order valence-corrected chi connectivity index (χ2v) is 1.72. The summed E-state index contributed by atoms with van der Waals surface area (Å²) in [5, 5.41) is 2.39. The molecule has 0 fully saturated rings. The van der Waals surface area contributed by atoms with Gasteiger partial charge in [0.25, 0.3) is 0 Å². The first kappa shape index (κ1) is 8.75. The summed E-state index contributed by atoms with van der Waals surface area (Å²) in [7, 11) is 3.19. The Labute approximate surface area is 52.2 Å². The predicted molar refractivity (Wildman–Crippen MR) is 28.6 cm³/mol. The molecule has 0 aromatic carbocycles. The highest BCUT2D eigenvalue weighted by atomic mass is 19.4. The molecule has 9 heavy (non-hydrogen) atoms. The van der Waals surface area contributed by atoms with Crippen molar-refractivity contribution in [3.05, 3.63) is 7.05 Å². The van der Waals surface area contributed by atoms with Crippen molar-refractivity contribution in [3.63, 3.8) is 0 Å². The lowest BCUT2D eigenvalue weighted by Crippen LogP contribution is -2.12. The predicted octanol–water partition coefficient (Wildman–Crippen LogP) is 1.71. The first-order valence-corrected chi connectivity index (χ1v) is 2.63. The summed E-state index contributed by atoms with van der Waals surface area (Å²) in [4.78, 5) is 0. The molecule has 0 aliphatic rings. The zero-order valence-electron chi connectivity index (χ0n) is 4.96. The molecular formula is C5H9F3N. The van der Waals surface area contributed by atoms with Crippen molar-refractivity contribution in [2.75, 3.05) is 6.54 Å². The van der Waals surface area contributed by atoms with Gasteiger partial charge in [0.05, 0.1) is 0 Å². The maximum Gasteiger partial charge on any atom is 0.389 e. The van der Waals surface area contributed by atoms with Crippen molar-refractivity contribution >= 4 is 0 Å². The second kappa shape index (κ2) is 3.71. The number of nitrogens with one attached hydrogen (secondary N) is 1. The summed E-state index contributed by atoms with van der Waals surface area (Å²) < 4.78 is 34.0. The second-order valence-electron chi connectivity index (χ2n) is 1.72. The van der Waals surface area contributed by atoms with Crippen LogP contribution in [0.1, 0.15) is 12.8 Å². The maximum absolute atomic E-state index is 11.3. The van der Waals surface area contributed by atoms with Crippen molar-refractivity contribution in [2.24, 2.45) is 0 Å². The Morgan fingerprint density at radius 1 is 1.33 bits per heavy atom. The number of halogens is 3. The third-order valence-corrected chi connectivity index (χ3v) is 0.814. The van der Waals surface area contributed by atoms with E-state index >= 15 is 0 Å². The zero-order chi connectivity index (χ0) is 7.33. The highest BCUT2D eigenvalue weighted by Crippen LogP contribution is 2.20. The van der Waals surface area contributed by atoms with Gasteiger partial charge in [-0.1, -0.05) is 0 Å². The van der Waals surface area contributed by atoms with Crippen LogP contribution in [-0.2, 0) is 0 Å². The van der Waals surface area contributed by atoms with Gasteiger partial charge in [-0.25, -0.2) is 0 Å². The van der Waals surface area contributed by atoms with E-state index in [1.165, 1.54) is 0 Å². The van der Waals surface area contributed by atoms with Gasteiger partial charge >= 0.3 is 6.18 Å². The fourth-order valence-corrected chi connectivity index (χ4v) is 0.414. The number of rotatable bonds is 3. The average molecular weight is 140 g/mol. The fraction of sp³-hybridized carbons (Fsp3) is 0.800. The summed E-state index contributed by atoms with van der Waals surface area (Å²) in [6.07, 6.45) is -4.64. The molecule has 0 aliphatic heterocycles. The summed E-state index contributed by atoms with van der Waals surface area (Å²) in [6, 6.07) is 0. The molecule has 0 aliphatic carbocycles. The van der Waals surface area contributed by atoms with E-state index in [1.807, 2.05) is 0 Å². The van der Waals surface area contributed by atoms with Crippen molar-refractivity contribution < 1.29 is 13.2 Å². The molecule has 0 aromatic rings. The minimum Gasteiger partial charge on any atom is -0.315 e. The highest BCUT2D eigenvalue weighted by Gasteiger charge is 2.25. The Bertz CT molecular complexity index is 69.1. The zero-order valence-corrected chi connectivity index (χ0v) is 4.96. The molecule has 0 saturated heterocycles. The van der Waals surface area contributed by atoms with Crippen molar-refractivity contribution in [1.82, 2.24) is 5.32 Å². The standard InChI is InChI=1S/C5H9F3N/c1-9-4-2-3-5(6,7)8/h9H,1-4H2. The third kappa shape index (κ3) is 7.75. The van der Waals surface area contributed by atoms with Crippen molar-refractivity contribution in [3.8, 4) is 0 Å². The van der Waals surface area contributed by atoms with Gasteiger partial charge in [-0.15, -0.1) is 0 Å². The first-order valence-electron chi connectivity index (χ1n) is 2.63. The van der Waals surface area contributed by atoms with E-state index in [4.69, 9.17) is 0 Å². The summed E-state index contributed by atoms with van der Waals surface area (Å²) >= 11 is 0. The monoisotopic (exact) mass is 140 g/mol. The Kier molecular flexibility index (Phi) is 3.61. The molecule has 4 heteroatoms. The molecule has 0 bridgehead atoms. The summed E-state index contributed by atoms with van der Waals surface area (Å²) in [5.74, 6) is 0. The molecule has 1 N–H and O–H groups in total. The Morgan fingerprint density at radius 2 is 1.89 bits per heavy atom. The molecule has 0 saturated carbocycles. The van der Waals surface area contributed by atoms with Gasteiger partial charge in [-0.05, 0) is 13.0 Å². The Morgan fingerprint density at radius 3 is 2.22 bits per heavy atom. The van der Waals surface area contributed by atoms with Gasteiger partial charge in [-0.3, -0.25) is 0 Å². The molecule has 0 atom stereocenters. The average Bonchev–Trinajstić information content (AvgIpc) is 1.63. The maximum atomic E-state index is 11.3. The van der Waals surface area contributed by atoms with E-state index in [0.717, 1.165) is 0 Å². The highest BCUT2D eigenvalue weighted by molar-refractivity contribution is 4.52. The molecule has 1 radical (unpaired) electrons. The van der Waals surface area contributed by atoms with E-state index in [9.17, 15) is 13.2 Å². The Hall–Kier alpha value is -0.250. The largest absolute Gasteiger partial charge is 0.389 e. The van der Waals surface area contributed by atoms with E-state index in [-0.39, 0.29) is 6.42 Å². The van der Waals surface area contributed by atoms with Crippen LogP contribution >= 0.6 is 0 Å². The van der Waals surface area contributed by atoms with Gasteiger partial charge in [0, 0.05) is 13.5 Å². The van der Waals surface area contributed by atoms with Crippen LogP contribution in [0.2, 0.25) is 0 Å². The number of hydrogen-bond acceptors (Lipinski definition) is 1. The molecule has 0 unspecified atom stereocenters. The smallest absolute Gasteiger partial charge is 0.315 e. The summed E-state index contributed by atoms with van der Waals surface area (Å²) in [6.45, 7) is 0.319. The summed E-state index contributed by atoms with van der Waals surface area (Å²) in [5.41, 5.74) is 0. The van der Waals surface area contributed by atoms with Gasteiger partial charge in [0.1, 0.15) is 0 Å². The van der Waals surface area contributed by atoms with Crippen LogP contribution in [0, 0.1) is 7.05 Å². The van der Waals surface area contributed by atoms with E-state index in [2.05, 4.69) is 12.4 Å². The first-order chi connectivity index (χ1) is 4.06. The van der Waals surface area contributed by atoms with Crippen molar-refractivity contribution in [2.45, 2.75) is 19.0 Å². The lowest BCUT2D eigenvalue weighted by molar-refractivity contribution is -0.135. The van der Waals surface area contributed by atoms with Crippen LogP contribution in [0.4, 0.5) is 13.2 Å². The van der Waals surface area contributed by atoms with Crippen LogP contribution in [0.25, 0.3) is 0 Å². The number of hydrogen-bond donors (Lipinski definition) is 1. The molecule has 55 valence electrons. The quantitative estimate of drug-likeness (QED) is 0.588. The lowest BCUT2D eigenvalue weighted by Gasteiger charge is -2.03. The van der Waals surface area contributed by atoms with Crippen LogP contribution in [-0.4, -0.2) is 12.7 Å². The minimum atomic E-state index is -4.02. The van der Waals surface area contributed by atoms with E-state index < -0.39 is 12.6 Å². The molecule has 0 aromatic heterocycles. The van der Waals surface area contributed by atoms with Gasteiger partial charge < -0.3 is 5.32 Å². The van der Waals surface area contributed by atoms with Crippen LogP contribution < -0.4 is 5.32 Å². The minimum absolute atomic E-state index is 0.104. The van der Waals surface area contributed by atoms with Crippen LogP contribution in [0.15, 0.2) is 0 Å². The van der Waals surface area contributed by atoms with Gasteiger partial charge in [0.15, 0.2) is 0 Å². The normalized spacial score (nSPS) is 12.0. The number of alkyl halides is 3. The molecular weight excluding hydrogens is 131 g/mol. The van der Waals surface area contributed by atoms with E-state index in [0.29, 0.717) is 6.54 Å². The third-order valence-electron chi connectivity index (χ3n) is 0.814. The van der Waals surface area contributed by atoms with Crippen LogP contribution in [0.5, 0.6) is 0 Å².